The molecule has 0 N–H and O–H groups in total. The Morgan fingerprint density at radius 2 is 1.64 bits per heavy atom. The molecule has 2 aromatic rings. The number of hydrogen-bond acceptors (Lipinski definition) is 4. The molecule has 5 heteroatoms. The molecule has 1 saturated heterocycles. The molecule has 0 radical (unpaired) electrons. The quantitative estimate of drug-likeness (QED) is 0.785. The predicted octanol–water partition coefficient (Wildman–Crippen LogP) is 4.53. The van der Waals surface area contributed by atoms with Gasteiger partial charge >= 0.3 is 0 Å². The van der Waals surface area contributed by atoms with E-state index < -0.39 is 5.79 Å². The van der Waals surface area contributed by atoms with E-state index in [0.717, 1.165) is 12.2 Å². The van der Waals surface area contributed by atoms with Crippen LogP contribution in [0.15, 0.2) is 36.4 Å². The van der Waals surface area contributed by atoms with Gasteiger partial charge in [0, 0.05) is 11.4 Å². The van der Waals surface area contributed by atoms with Gasteiger partial charge in [-0.25, -0.2) is 0 Å². The summed E-state index contributed by atoms with van der Waals surface area (Å²) >= 11 is 0. The summed E-state index contributed by atoms with van der Waals surface area (Å²) in [5.41, 5.74) is 3.07. The van der Waals surface area contributed by atoms with Crippen molar-refractivity contribution >= 4 is 0 Å². The van der Waals surface area contributed by atoms with E-state index in [-0.39, 0.29) is 24.4 Å². The number of aryl methyl sites for hydroxylation is 2. The van der Waals surface area contributed by atoms with E-state index >= 15 is 0 Å². The van der Waals surface area contributed by atoms with Gasteiger partial charge in [-0.1, -0.05) is 6.92 Å². The Morgan fingerprint density at radius 1 is 1.04 bits per heavy atom. The fraction of sp³-hybridized carbons (Fsp3) is 0.522. The molecule has 5 atom stereocenters. The number of rotatable bonds is 3. The largest absolute Gasteiger partial charge is 0.485 e. The van der Waals surface area contributed by atoms with Crippen molar-refractivity contribution in [3.8, 4) is 11.8 Å². The van der Waals surface area contributed by atoms with E-state index in [9.17, 15) is 0 Å². The fourth-order valence-electron chi connectivity index (χ4n) is 4.75. The van der Waals surface area contributed by atoms with Gasteiger partial charge in [0.15, 0.2) is 5.79 Å². The number of ether oxygens (including phenoxy) is 3. The van der Waals surface area contributed by atoms with Crippen molar-refractivity contribution in [2.24, 2.45) is 5.92 Å². The molecular formula is C23H28N2O3. The Hall–Kier alpha value is -2.29. The number of nitriles is 1. The monoisotopic (exact) mass is 380 g/mol. The molecule has 1 aromatic heterocycles. The number of hydrogen-bond donors (Lipinski definition) is 0. The average molecular weight is 380 g/mol. The lowest BCUT2D eigenvalue weighted by molar-refractivity contribution is -0.154. The Kier molecular flexibility index (Phi) is 4.73. The van der Waals surface area contributed by atoms with Crippen LogP contribution in [0.3, 0.4) is 0 Å². The summed E-state index contributed by atoms with van der Waals surface area (Å²) in [4.78, 5) is 0. The van der Waals surface area contributed by atoms with Crippen molar-refractivity contribution < 1.29 is 14.2 Å². The first-order valence-corrected chi connectivity index (χ1v) is 9.96. The van der Waals surface area contributed by atoms with Crippen molar-refractivity contribution in [3.05, 3.63) is 53.3 Å². The number of nitrogens with zero attached hydrogens (tertiary/aromatic N) is 2. The molecule has 1 aliphatic carbocycles. The summed E-state index contributed by atoms with van der Waals surface area (Å²) < 4.78 is 21.5. The van der Waals surface area contributed by atoms with Crippen molar-refractivity contribution in [3.63, 3.8) is 0 Å². The normalized spacial score (nSPS) is 31.2. The Labute approximate surface area is 166 Å². The lowest BCUT2D eigenvalue weighted by Gasteiger charge is -2.42. The highest BCUT2D eigenvalue weighted by atomic mass is 16.8. The zero-order chi connectivity index (χ0) is 20.1. The first-order valence-electron chi connectivity index (χ1n) is 9.96. The molecule has 4 rings (SSSR count). The van der Waals surface area contributed by atoms with Crippen molar-refractivity contribution in [2.75, 3.05) is 0 Å². The molecule has 0 amide bonds. The summed E-state index contributed by atoms with van der Waals surface area (Å²) in [5.74, 6) is 0.489. The molecule has 148 valence electrons. The minimum absolute atomic E-state index is 0.00538. The topological polar surface area (TPSA) is 56.4 Å². The van der Waals surface area contributed by atoms with Crippen LogP contribution in [0.2, 0.25) is 0 Å². The van der Waals surface area contributed by atoms with Gasteiger partial charge in [0.2, 0.25) is 0 Å². The van der Waals surface area contributed by atoms with Gasteiger partial charge in [0.25, 0.3) is 0 Å². The third-order valence-corrected chi connectivity index (χ3v) is 5.95. The van der Waals surface area contributed by atoms with Crippen molar-refractivity contribution in [1.82, 2.24) is 4.57 Å². The Balaban J connectivity index is 1.72. The van der Waals surface area contributed by atoms with Gasteiger partial charge in [-0.05, 0) is 76.4 Å². The third kappa shape index (κ3) is 3.32. The summed E-state index contributed by atoms with van der Waals surface area (Å²) in [6.07, 6.45) is 0.630. The molecule has 5 nitrogen and oxygen atoms in total. The summed E-state index contributed by atoms with van der Waals surface area (Å²) in [7, 11) is 0. The molecule has 2 aliphatic rings. The second-order valence-electron chi connectivity index (χ2n) is 8.55. The van der Waals surface area contributed by atoms with Gasteiger partial charge in [-0.2, -0.15) is 5.26 Å². The van der Waals surface area contributed by atoms with Crippen LogP contribution in [0.5, 0.6) is 5.75 Å². The maximum atomic E-state index is 9.06. The molecule has 2 heterocycles. The van der Waals surface area contributed by atoms with Crippen LogP contribution in [-0.4, -0.2) is 28.7 Å². The Bertz CT molecular complexity index is 874. The molecule has 0 spiro atoms. The minimum atomic E-state index is -0.620. The predicted molar refractivity (Wildman–Crippen MR) is 106 cm³/mol. The molecular weight excluding hydrogens is 352 g/mol. The smallest absolute Gasteiger partial charge is 0.163 e. The fourth-order valence-corrected chi connectivity index (χ4v) is 4.75. The summed E-state index contributed by atoms with van der Waals surface area (Å²) in [6, 6.07) is 13.9. The van der Waals surface area contributed by atoms with Crippen LogP contribution in [-0.2, 0) is 9.47 Å². The van der Waals surface area contributed by atoms with E-state index in [1.165, 1.54) is 11.4 Å². The highest BCUT2D eigenvalue weighted by molar-refractivity contribution is 5.35. The average Bonchev–Trinajstić information content (AvgIpc) is 3.16. The standard InChI is InChI=1S/C23H28N2O3/c1-14-12-19(25-15(2)6-7-16(25)3)21(22-20(14)27-23(4,5)28-22)26-18-10-8-17(13-24)9-11-18/h6-11,14,19-22H,12H2,1-5H3. The minimum Gasteiger partial charge on any atom is -0.485 e. The maximum absolute atomic E-state index is 9.06. The summed E-state index contributed by atoms with van der Waals surface area (Å²) in [5, 5.41) is 9.06. The van der Waals surface area contributed by atoms with E-state index in [1.807, 2.05) is 26.0 Å². The van der Waals surface area contributed by atoms with Gasteiger partial charge < -0.3 is 18.8 Å². The van der Waals surface area contributed by atoms with E-state index in [4.69, 9.17) is 19.5 Å². The van der Waals surface area contributed by atoms with Gasteiger partial charge in [-0.15, -0.1) is 0 Å². The lowest BCUT2D eigenvalue weighted by atomic mass is 9.80. The molecule has 28 heavy (non-hydrogen) atoms. The first kappa shape index (κ1) is 19.0. The van der Waals surface area contributed by atoms with Gasteiger partial charge in [-0.3, -0.25) is 0 Å². The van der Waals surface area contributed by atoms with Crippen LogP contribution in [0, 0.1) is 31.1 Å². The number of fused-ring (bicyclic) bond motifs is 1. The highest BCUT2D eigenvalue weighted by Crippen LogP contribution is 2.45. The van der Waals surface area contributed by atoms with Crippen molar-refractivity contribution in [1.29, 1.82) is 5.26 Å². The highest BCUT2D eigenvalue weighted by Gasteiger charge is 2.54. The zero-order valence-corrected chi connectivity index (χ0v) is 17.2. The maximum Gasteiger partial charge on any atom is 0.163 e. The second kappa shape index (κ2) is 6.95. The van der Waals surface area contributed by atoms with Crippen LogP contribution in [0.1, 0.15) is 50.2 Å². The SMILES string of the molecule is Cc1ccc(C)n1C1CC(C)C2OC(C)(C)OC2C1Oc1ccc(C#N)cc1. The molecule has 0 bridgehead atoms. The third-order valence-electron chi connectivity index (χ3n) is 5.95. The van der Waals surface area contributed by atoms with E-state index in [2.05, 4.69) is 43.5 Å². The van der Waals surface area contributed by atoms with Crippen LogP contribution >= 0.6 is 0 Å². The first-order chi connectivity index (χ1) is 13.3. The van der Waals surface area contributed by atoms with Gasteiger partial charge in [0.1, 0.15) is 18.0 Å². The molecule has 5 unspecified atom stereocenters. The molecule has 1 saturated carbocycles. The van der Waals surface area contributed by atoms with E-state index in [0.29, 0.717) is 11.5 Å². The molecule has 2 fully saturated rings. The molecule has 1 aliphatic heterocycles. The second-order valence-corrected chi connectivity index (χ2v) is 8.55. The zero-order valence-electron chi connectivity index (χ0n) is 17.2. The van der Waals surface area contributed by atoms with Crippen LogP contribution < -0.4 is 4.74 Å². The number of aromatic nitrogens is 1. The van der Waals surface area contributed by atoms with E-state index in [1.54, 1.807) is 12.1 Å². The molecule has 1 aromatic carbocycles. The lowest BCUT2D eigenvalue weighted by Crippen LogP contribution is -2.52. The Morgan fingerprint density at radius 3 is 2.25 bits per heavy atom. The van der Waals surface area contributed by atoms with Crippen molar-refractivity contribution in [2.45, 2.75) is 71.2 Å². The summed E-state index contributed by atoms with van der Waals surface area (Å²) in [6.45, 7) is 10.5. The van der Waals surface area contributed by atoms with Crippen LogP contribution in [0.25, 0.3) is 0 Å². The van der Waals surface area contributed by atoms with Gasteiger partial charge in [0.05, 0.1) is 23.8 Å². The number of benzene rings is 1. The van der Waals surface area contributed by atoms with Crippen LogP contribution in [0.4, 0.5) is 0 Å².